The lowest BCUT2D eigenvalue weighted by molar-refractivity contribution is -0.132. The van der Waals surface area contributed by atoms with E-state index in [9.17, 15) is 18.0 Å². The Labute approximate surface area is 137 Å². The summed E-state index contributed by atoms with van der Waals surface area (Å²) in [6.07, 6.45) is 5.16. The molecule has 2 amide bonds. The van der Waals surface area contributed by atoms with E-state index in [2.05, 4.69) is 5.32 Å². The highest BCUT2D eigenvalue weighted by Crippen LogP contribution is 2.32. The normalized spacial score (nSPS) is 27.2. The molecule has 3 rings (SSSR count). The van der Waals surface area contributed by atoms with Gasteiger partial charge in [-0.25, -0.2) is 12.7 Å². The number of amides is 2. The lowest BCUT2D eigenvalue weighted by atomic mass is 9.97. The molecule has 8 heteroatoms. The van der Waals surface area contributed by atoms with Gasteiger partial charge < -0.3 is 10.2 Å². The second-order valence-corrected chi connectivity index (χ2v) is 8.97. The molecule has 1 atom stereocenters. The zero-order chi connectivity index (χ0) is 16.6. The number of sulfonamides is 1. The maximum absolute atomic E-state index is 12.4. The molecular weight excluding hydrogens is 318 g/mol. The largest absolute Gasteiger partial charge is 0.351 e. The van der Waals surface area contributed by atoms with Crippen LogP contribution < -0.4 is 5.32 Å². The molecule has 1 saturated carbocycles. The van der Waals surface area contributed by atoms with Crippen molar-refractivity contribution in [1.29, 1.82) is 0 Å². The fourth-order valence-electron chi connectivity index (χ4n) is 3.44. The number of likely N-dealkylation sites (tertiary alicyclic amines) is 1. The Morgan fingerprint density at radius 2 is 1.61 bits per heavy atom. The quantitative estimate of drug-likeness (QED) is 0.765. The minimum Gasteiger partial charge on any atom is -0.351 e. The molecule has 2 aliphatic heterocycles. The van der Waals surface area contributed by atoms with E-state index in [1.807, 2.05) is 4.90 Å². The van der Waals surface area contributed by atoms with Gasteiger partial charge in [-0.15, -0.1) is 0 Å². The summed E-state index contributed by atoms with van der Waals surface area (Å²) in [5.41, 5.74) is 0. The van der Waals surface area contributed by atoms with Crippen molar-refractivity contribution >= 4 is 21.8 Å². The predicted octanol–water partition coefficient (Wildman–Crippen LogP) is -0.215. The number of hydrogen-bond acceptors (Lipinski definition) is 4. The van der Waals surface area contributed by atoms with Crippen LogP contribution in [0.4, 0.5) is 0 Å². The van der Waals surface area contributed by atoms with E-state index in [0.29, 0.717) is 32.5 Å². The summed E-state index contributed by atoms with van der Waals surface area (Å²) in [6.45, 7) is 2.16. The van der Waals surface area contributed by atoms with E-state index in [0.717, 1.165) is 25.8 Å². The number of hydrogen-bond donors (Lipinski definition) is 1. The second kappa shape index (κ2) is 6.39. The van der Waals surface area contributed by atoms with Gasteiger partial charge in [0, 0.05) is 44.1 Å². The van der Waals surface area contributed by atoms with Gasteiger partial charge >= 0.3 is 0 Å². The van der Waals surface area contributed by atoms with E-state index < -0.39 is 10.0 Å². The van der Waals surface area contributed by atoms with Crippen LogP contribution in [0.25, 0.3) is 0 Å². The zero-order valence-electron chi connectivity index (χ0n) is 13.5. The fraction of sp³-hybridized carbons (Fsp3) is 0.867. The minimum atomic E-state index is -3.16. The number of piperidine rings is 1. The summed E-state index contributed by atoms with van der Waals surface area (Å²) in [4.78, 5) is 26.2. The first-order valence-corrected chi connectivity index (χ1v) is 10.2. The minimum absolute atomic E-state index is 0.00359. The van der Waals surface area contributed by atoms with Crippen LogP contribution in [0.2, 0.25) is 0 Å². The van der Waals surface area contributed by atoms with Crippen LogP contribution in [0.15, 0.2) is 0 Å². The summed E-state index contributed by atoms with van der Waals surface area (Å²) >= 11 is 0. The van der Waals surface area contributed by atoms with Gasteiger partial charge in [0.15, 0.2) is 0 Å². The van der Waals surface area contributed by atoms with Crippen LogP contribution in [0.3, 0.4) is 0 Å². The molecule has 0 radical (unpaired) electrons. The number of carbonyl (C=O) groups excluding carboxylic acids is 2. The van der Waals surface area contributed by atoms with Gasteiger partial charge in [-0.1, -0.05) is 0 Å². The maximum Gasteiger partial charge on any atom is 0.225 e. The number of nitrogens with zero attached hydrogens (tertiary/aromatic N) is 2. The van der Waals surface area contributed by atoms with E-state index >= 15 is 0 Å². The van der Waals surface area contributed by atoms with Crippen molar-refractivity contribution in [3.63, 3.8) is 0 Å². The Balaban J connectivity index is 1.44. The van der Waals surface area contributed by atoms with Gasteiger partial charge in [0.2, 0.25) is 21.8 Å². The Bertz CT molecular complexity index is 580. The van der Waals surface area contributed by atoms with Crippen molar-refractivity contribution in [2.45, 2.75) is 38.1 Å². The van der Waals surface area contributed by atoms with Crippen LogP contribution in [-0.4, -0.2) is 67.9 Å². The molecule has 1 N–H and O–H groups in total. The highest BCUT2D eigenvalue weighted by atomic mass is 32.2. The Hall–Kier alpha value is -1.15. The zero-order valence-corrected chi connectivity index (χ0v) is 14.3. The topological polar surface area (TPSA) is 86.8 Å². The van der Waals surface area contributed by atoms with Crippen molar-refractivity contribution in [3.8, 4) is 0 Å². The molecule has 3 fully saturated rings. The molecule has 0 spiro atoms. The van der Waals surface area contributed by atoms with Crippen molar-refractivity contribution in [3.05, 3.63) is 0 Å². The molecule has 0 aromatic heterocycles. The average molecular weight is 343 g/mol. The first-order valence-electron chi connectivity index (χ1n) is 8.39. The molecule has 0 aromatic carbocycles. The van der Waals surface area contributed by atoms with E-state index in [1.54, 1.807) is 0 Å². The first kappa shape index (κ1) is 16.7. The monoisotopic (exact) mass is 343 g/mol. The van der Waals surface area contributed by atoms with Crippen molar-refractivity contribution in [2.24, 2.45) is 11.8 Å². The average Bonchev–Trinajstić information content (AvgIpc) is 3.26. The Morgan fingerprint density at radius 3 is 2.17 bits per heavy atom. The number of carbonyl (C=O) groups is 2. The summed E-state index contributed by atoms with van der Waals surface area (Å²) < 4.78 is 24.4. The molecule has 2 heterocycles. The molecule has 130 valence electrons. The molecule has 7 nitrogen and oxygen atoms in total. The summed E-state index contributed by atoms with van der Waals surface area (Å²) in [5, 5.41) is 3.05. The fourth-order valence-corrected chi connectivity index (χ4v) is 4.31. The third-order valence-electron chi connectivity index (χ3n) is 5.07. The molecular formula is C15H25N3O4S. The standard InChI is InChI=1S/C15H25N3O4S/c1-23(21,22)18-8-4-11(5-9-18)14(19)16-13-6-7-17(10-13)15(20)12-2-3-12/h11-13H,2-10H2,1H3,(H,16,19). The third kappa shape index (κ3) is 4.03. The SMILES string of the molecule is CS(=O)(=O)N1CCC(C(=O)NC2CCN(C(=O)C3CC3)C2)CC1. The van der Waals surface area contributed by atoms with Gasteiger partial charge in [-0.05, 0) is 32.1 Å². The smallest absolute Gasteiger partial charge is 0.225 e. The highest BCUT2D eigenvalue weighted by Gasteiger charge is 2.37. The van der Waals surface area contributed by atoms with Gasteiger partial charge in [-0.3, -0.25) is 9.59 Å². The van der Waals surface area contributed by atoms with Gasteiger partial charge in [0.05, 0.1) is 6.26 Å². The lowest BCUT2D eigenvalue weighted by Gasteiger charge is -2.30. The summed E-state index contributed by atoms with van der Waals surface area (Å²) in [7, 11) is -3.16. The van der Waals surface area contributed by atoms with Gasteiger partial charge in [0.1, 0.15) is 0 Å². The van der Waals surface area contributed by atoms with Crippen molar-refractivity contribution < 1.29 is 18.0 Å². The van der Waals surface area contributed by atoms with Crippen LogP contribution in [0.5, 0.6) is 0 Å². The van der Waals surface area contributed by atoms with Gasteiger partial charge in [0.25, 0.3) is 0 Å². The molecule has 1 aliphatic carbocycles. The van der Waals surface area contributed by atoms with Crippen molar-refractivity contribution in [1.82, 2.24) is 14.5 Å². The predicted molar refractivity (Wildman–Crippen MR) is 85.0 cm³/mol. The molecule has 2 saturated heterocycles. The molecule has 3 aliphatic rings. The van der Waals surface area contributed by atoms with E-state index in [-0.39, 0.29) is 29.7 Å². The Kier molecular flexibility index (Phi) is 4.64. The lowest BCUT2D eigenvalue weighted by Crippen LogP contribution is -2.46. The van der Waals surface area contributed by atoms with E-state index in [1.165, 1.54) is 10.6 Å². The van der Waals surface area contributed by atoms with Crippen LogP contribution in [0.1, 0.15) is 32.1 Å². The van der Waals surface area contributed by atoms with Crippen molar-refractivity contribution in [2.75, 3.05) is 32.4 Å². The summed E-state index contributed by atoms with van der Waals surface area (Å²) in [6, 6.07) is 0.0399. The molecule has 0 aromatic rings. The Morgan fingerprint density at radius 1 is 0.957 bits per heavy atom. The third-order valence-corrected chi connectivity index (χ3v) is 6.37. The molecule has 23 heavy (non-hydrogen) atoms. The first-order chi connectivity index (χ1) is 10.8. The van der Waals surface area contributed by atoms with Crippen LogP contribution in [0, 0.1) is 11.8 Å². The molecule has 1 unspecified atom stereocenters. The van der Waals surface area contributed by atoms with Crippen LogP contribution >= 0.6 is 0 Å². The summed E-state index contributed by atoms with van der Waals surface area (Å²) in [5.74, 6) is 0.345. The van der Waals surface area contributed by atoms with E-state index in [4.69, 9.17) is 0 Å². The number of nitrogens with one attached hydrogen (secondary N) is 1. The van der Waals surface area contributed by atoms with Crippen LogP contribution in [-0.2, 0) is 19.6 Å². The molecule has 0 bridgehead atoms. The van der Waals surface area contributed by atoms with Gasteiger partial charge in [-0.2, -0.15) is 0 Å². The highest BCUT2D eigenvalue weighted by molar-refractivity contribution is 7.88. The second-order valence-electron chi connectivity index (χ2n) is 6.99. The number of rotatable bonds is 4. The maximum atomic E-state index is 12.4.